The minimum absolute atomic E-state index is 0.190. The zero-order chi connectivity index (χ0) is 28.8. The third-order valence-corrected chi connectivity index (χ3v) is 8.10. The Hall–Kier alpha value is -4.52. The van der Waals surface area contributed by atoms with Crippen molar-refractivity contribution in [3.63, 3.8) is 0 Å². The van der Waals surface area contributed by atoms with Gasteiger partial charge in [-0.2, -0.15) is 10.2 Å². The Morgan fingerprint density at radius 2 is 1.79 bits per heavy atom. The molecule has 0 unspecified atom stereocenters. The largest absolute Gasteiger partial charge is 0.388 e. The standard InChI is InChI=1S/C30H29FN8O3/c1-30(41,22-2-4-24(31)5-3-22)23-12-32-29(33-13-23)37-8-6-19(7-9-37)28-25-10-20(14-38(25)36-18-34-28)21-11-35-39(15-21)26-16-42-17-27(26)40/h2-6,10-15,18,26-27,40-41H,7-9,16-17H2,1H3/t26-,27+,30+/m1/s1. The smallest absolute Gasteiger partial charge is 0.225 e. The van der Waals surface area contributed by atoms with E-state index in [2.05, 4.69) is 42.2 Å². The summed E-state index contributed by atoms with van der Waals surface area (Å²) in [5, 5.41) is 30.1. The minimum atomic E-state index is -1.35. The molecule has 11 nitrogen and oxygen atoms in total. The van der Waals surface area contributed by atoms with Gasteiger partial charge in [-0.25, -0.2) is 23.9 Å². The number of aromatic nitrogens is 7. The molecule has 0 saturated carbocycles. The maximum absolute atomic E-state index is 13.3. The lowest BCUT2D eigenvalue weighted by atomic mass is 9.90. The first kappa shape index (κ1) is 26.4. The summed E-state index contributed by atoms with van der Waals surface area (Å²) in [6, 6.07) is 7.63. The maximum atomic E-state index is 13.3. The number of benzene rings is 1. The van der Waals surface area contributed by atoms with Crippen LogP contribution in [0.3, 0.4) is 0 Å². The molecule has 0 amide bonds. The molecule has 0 bridgehead atoms. The SMILES string of the molecule is C[C@](O)(c1ccc(F)cc1)c1cnc(N2CC=C(c3ncnn4cc(-c5cnn([C@@H]6COC[C@@H]6O)c5)cc34)CC2)nc1. The molecule has 1 saturated heterocycles. The van der Waals surface area contributed by atoms with Crippen LogP contribution in [0.15, 0.2) is 73.7 Å². The maximum Gasteiger partial charge on any atom is 0.225 e. The lowest BCUT2D eigenvalue weighted by molar-refractivity contribution is 0.101. The van der Waals surface area contributed by atoms with Crippen molar-refractivity contribution < 1.29 is 19.3 Å². The molecule has 0 spiro atoms. The highest BCUT2D eigenvalue weighted by Crippen LogP contribution is 2.32. The van der Waals surface area contributed by atoms with E-state index in [4.69, 9.17) is 4.74 Å². The molecule has 2 aliphatic rings. The Balaban J connectivity index is 1.09. The summed E-state index contributed by atoms with van der Waals surface area (Å²) >= 11 is 0. The minimum Gasteiger partial charge on any atom is -0.388 e. The number of hydrogen-bond acceptors (Lipinski definition) is 9. The van der Waals surface area contributed by atoms with E-state index in [0.717, 1.165) is 34.3 Å². The fraction of sp³-hybridized carbons (Fsp3) is 0.300. The lowest BCUT2D eigenvalue weighted by Crippen LogP contribution is -2.30. The predicted molar refractivity (Wildman–Crippen MR) is 152 cm³/mol. The molecule has 7 rings (SSSR count). The molecule has 3 atom stereocenters. The second kappa shape index (κ2) is 10.4. The number of halogens is 1. The number of aliphatic hydroxyl groups excluding tert-OH is 1. The summed E-state index contributed by atoms with van der Waals surface area (Å²) in [6.45, 7) is 3.70. The second-order valence-corrected chi connectivity index (χ2v) is 10.8. The van der Waals surface area contributed by atoms with Gasteiger partial charge in [-0.15, -0.1) is 0 Å². The first-order valence-electron chi connectivity index (χ1n) is 13.8. The molecule has 4 aromatic heterocycles. The molecule has 2 N–H and O–H groups in total. The van der Waals surface area contributed by atoms with E-state index in [-0.39, 0.29) is 11.9 Å². The Bertz CT molecular complexity index is 1760. The third-order valence-electron chi connectivity index (χ3n) is 8.10. The summed E-state index contributed by atoms with van der Waals surface area (Å²) < 4.78 is 22.3. The summed E-state index contributed by atoms with van der Waals surface area (Å²) in [5.74, 6) is 0.208. The lowest BCUT2D eigenvalue weighted by Gasteiger charge is -2.28. The molecule has 5 aromatic rings. The number of ether oxygens (including phenoxy) is 1. The fourth-order valence-corrected chi connectivity index (χ4v) is 5.53. The highest BCUT2D eigenvalue weighted by atomic mass is 19.1. The summed E-state index contributed by atoms with van der Waals surface area (Å²) in [4.78, 5) is 15.7. The topological polar surface area (TPSA) is 127 Å². The van der Waals surface area contributed by atoms with Crippen LogP contribution in [-0.4, -0.2) is 77.0 Å². The van der Waals surface area contributed by atoms with Gasteiger partial charge in [0.05, 0.1) is 30.6 Å². The van der Waals surface area contributed by atoms with E-state index in [1.807, 2.05) is 16.9 Å². The molecular formula is C30H29FN8O3. The molecule has 214 valence electrons. The van der Waals surface area contributed by atoms with E-state index in [9.17, 15) is 14.6 Å². The van der Waals surface area contributed by atoms with E-state index in [1.165, 1.54) is 12.1 Å². The van der Waals surface area contributed by atoms with Crippen molar-refractivity contribution in [3.05, 3.63) is 96.4 Å². The van der Waals surface area contributed by atoms with Crippen LogP contribution in [0, 0.1) is 5.82 Å². The number of aliphatic hydroxyl groups is 2. The van der Waals surface area contributed by atoms with Crippen LogP contribution < -0.4 is 4.90 Å². The van der Waals surface area contributed by atoms with Crippen LogP contribution in [0.5, 0.6) is 0 Å². The Kier molecular flexibility index (Phi) is 6.53. The zero-order valence-corrected chi connectivity index (χ0v) is 22.9. The van der Waals surface area contributed by atoms with Gasteiger partial charge in [0.25, 0.3) is 0 Å². The van der Waals surface area contributed by atoms with Gasteiger partial charge in [-0.1, -0.05) is 18.2 Å². The van der Waals surface area contributed by atoms with Gasteiger partial charge in [-0.3, -0.25) is 4.68 Å². The van der Waals surface area contributed by atoms with E-state index in [0.29, 0.717) is 43.4 Å². The molecule has 0 aliphatic carbocycles. The molecule has 12 heteroatoms. The average Bonchev–Trinajstić information content (AvgIpc) is 3.77. The van der Waals surface area contributed by atoms with Crippen molar-refractivity contribution in [2.75, 3.05) is 31.2 Å². The molecule has 1 aromatic carbocycles. The second-order valence-electron chi connectivity index (χ2n) is 10.8. The van der Waals surface area contributed by atoms with Crippen molar-refractivity contribution in [3.8, 4) is 11.1 Å². The zero-order valence-electron chi connectivity index (χ0n) is 22.9. The molecule has 2 aliphatic heterocycles. The van der Waals surface area contributed by atoms with Crippen molar-refractivity contribution in [2.45, 2.75) is 31.1 Å². The Morgan fingerprint density at radius 1 is 0.976 bits per heavy atom. The van der Waals surface area contributed by atoms with E-state index < -0.39 is 11.7 Å². The highest BCUT2D eigenvalue weighted by molar-refractivity contribution is 5.80. The first-order chi connectivity index (χ1) is 20.4. The van der Waals surface area contributed by atoms with Crippen LogP contribution in [0.1, 0.15) is 36.2 Å². The van der Waals surface area contributed by atoms with Crippen LogP contribution in [0.25, 0.3) is 22.2 Å². The third kappa shape index (κ3) is 4.73. The molecule has 1 fully saturated rings. The Morgan fingerprint density at radius 3 is 2.50 bits per heavy atom. The number of hydrogen-bond donors (Lipinski definition) is 2. The van der Waals surface area contributed by atoms with Gasteiger partial charge >= 0.3 is 0 Å². The highest BCUT2D eigenvalue weighted by Gasteiger charge is 2.29. The summed E-state index contributed by atoms with van der Waals surface area (Å²) in [7, 11) is 0. The average molecular weight is 569 g/mol. The van der Waals surface area contributed by atoms with Crippen molar-refractivity contribution in [2.24, 2.45) is 0 Å². The summed E-state index contributed by atoms with van der Waals surface area (Å²) in [6.07, 6.45) is 12.8. The molecule has 42 heavy (non-hydrogen) atoms. The van der Waals surface area contributed by atoms with Crippen LogP contribution in [0.2, 0.25) is 0 Å². The summed E-state index contributed by atoms with van der Waals surface area (Å²) in [5.41, 5.74) is 4.50. The molecule has 0 radical (unpaired) electrons. The van der Waals surface area contributed by atoms with E-state index in [1.54, 1.807) is 48.7 Å². The van der Waals surface area contributed by atoms with Gasteiger partial charge in [-0.05, 0) is 42.7 Å². The van der Waals surface area contributed by atoms with Crippen LogP contribution >= 0.6 is 0 Å². The van der Waals surface area contributed by atoms with Gasteiger partial charge in [0, 0.05) is 54.6 Å². The van der Waals surface area contributed by atoms with Crippen molar-refractivity contribution in [1.82, 2.24) is 34.3 Å². The van der Waals surface area contributed by atoms with Crippen molar-refractivity contribution >= 4 is 17.0 Å². The number of fused-ring (bicyclic) bond motifs is 1. The van der Waals surface area contributed by atoms with Crippen LogP contribution in [0.4, 0.5) is 10.3 Å². The Labute approximate surface area is 240 Å². The van der Waals surface area contributed by atoms with Gasteiger partial charge in [0.1, 0.15) is 29.9 Å². The number of rotatable bonds is 6. The van der Waals surface area contributed by atoms with Gasteiger partial charge in [0.2, 0.25) is 5.95 Å². The van der Waals surface area contributed by atoms with Crippen LogP contribution in [-0.2, 0) is 10.3 Å². The molecule has 6 heterocycles. The van der Waals surface area contributed by atoms with Gasteiger partial charge < -0.3 is 19.8 Å². The number of anilines is 1. The first-order valence-corrected chi connectivity index (χ1v) is 13.8. The predicted octanol–water partition coefficient (Wildman–Crippen LogP) is 3.00. The van der Waals surface area contributed by atoms with Crippen molar-refractivity contribution in [1.29, 1.82) is 0 Å². The molecular weight excluding hydrogens is 539 g/mol. The number of nitrogens with zero attached hydrogens (tertiary/aromatic N) is 8. The normalized spacial score (nSPS) is 20.6. The quantitative estimate of drug-likeness (QED) is 0.318. The van der Waals surface area contributed by atoms with Gasteiger partial charge in [0.15, 0.2) is 0 Å². The monoisotopic (exact) mass is 568 g/mol. The van der Waals surface area contributed by atoms with E-state index >= 15 is 0 Å². The fourth-order valence-electron chi connectivity index (χ4n) is 5.53.